The first kappa shape index (κ1) is 24.7. The van der Waals surface area contributed by atoms with Crippen LogP contribution in [0.1, 0.15) is 18.1 Å². The lowest BCUT2D eigenvalue weighted by Crippen LogP contribution is -2.24. The molecule has 5 nitrogen and oxygen atoms in total. The highest BCUT2D eigenvalue weighted by atomic mass is 32.2. The molecule has 3 aromatic rings. The average molecular weight is 495 g/mol. The molecule has 0 saturated heterocycles. The van der Waals surface area contributed by atoms with Crippen molar-refractivity contribution < 1.29 is 26.4 Å². The van der Waals surface area contributed by atoms with Crippen LogP contribution < -0.4 is 10.0 Å². The van der Waals surface area contributed by atoms with Crippen molar-refractivity contribution in [1.82, 2.24) is 0 Å². The summed E-state index contributed by atoms with van der Waals surface area (Å²) in [7, 11) is -3.74. The zero-order valence-electron chi connectivity index (χ0n) is 17.7. The molecule has 0 saturated carbocycles. The molecule has 1 amide bonds. The maximum Gasteiger partial charge on any atom is 0.418 e. The summed E-state index contributed by atoms with van der Waals surface area (Å²) in [5.41, 5.74) is 0.0654. The van der Waals surface area contributed by atoms with E-state index in [9.17, 15) is 26.4 Å². The summed E-state index contributed by atoms with van der Waals surface area (Å²) in [5, 5.41) is 1.64. The Bertz CT molecular complexity index is 1230. The van der Waals surface area contributed by atoms with Crippen LogP contribution in [0.5, 0.6) is 0 Å². The van der Waals surface area contributed by atoms with Crippen LogP contribution in [-0.2, 0) is 21.0 Å². The van der Waals surface area contributed by atoms with Gasteiger partial charge in [0.15, 0.2) is 0 Å². The van der Waals surface area contributed by atoms with Gasteiger partial charge in [0, 0.05) is 10.6 Å². The Hall–Kier alpha value is -2.98. The Kier molecular flexibility index (Phi) is 7.38. The van der Waals surface area contributed by atoms with Crippen LogP contribution in [0.2, 0.25) is 0 Å². The molecule has 0 aliphatic carbocycles. The van der Waals surface area contributed by atoms with E-state index < -0.39 is 32.9 Å². The number of carbonyl (C=O) groups excluding carboxylic acids is 1. The van der Waals surface area contributed by atoms with E-state index in [4.69, 9.17) is 0 Å². The van der Waals surface area contributed by atoms with E-state index in [-0.39, 0.29) is 10.6 Å². The average Bonchev–Trinajstić information content (AvgIpc) is 2.75. The van der Waals surface area contributed by atoms with E-state index in [1.165, 1.54) is 30.3 Å². The molecule has 0 aromatic heterocycles. The number of benzene rings is 3. The fraction of sp³-hybridized carbons (Fsp3) is 0.174. The molecular formula is C23H21F3N2O3S2. The predicted molar refractivity (Wildman–Crippen MR) is 124 cm³/mol. The SMILES string of the molecule is Cc1ccc(S(=O)(=O)Nc2ccc(SC(C)C(=O)Nc3ccccc3C(F)(F)F)cc2)cc1. The molecule has 0 aliphatic heterocycles. The highest BCUT2D eigenvalue weighted by molar-refractivity contribution is 8.00. The number of halogens is 3. The number of nitrogens with one attached hydrogen (secondary N) is 2. The van der Waals surface area contributed by atoms with Gasteiger partial charge in [-0.25, -0.2) is 8.42 Å². The summed E-state index contributed by atoms with van der Waals surface area (Å²) in [6.07, 6.45) is -4.58. The largest absolute Gasteiger partial charge is 0.418 e. The molecule has 0 heterocycles. The number of alkyl halides is 3. The van der Waals surface area contributed by atoms with Gasteiger partial charge in [-0.2, -0.15) is 13.2 Å². The normalized spacial score (nSPS) is 12.8. The van der Waals surface area contributed by atoms with Crippen molar-refractivity contribution >= 4 is 39.1 Å². The third kappa shape index (κ3) is 6.52. The molecule has 3 aromatic carbocycles. The van der Waals surface area contributed by atoms with Crippen LogP contribution in [0.25, 0.3) is 0 Å². The lowest BCUT2D eigenvalue weighted by atomic mass is 10.1. The number of rotatable bonds is 7. The Morgan fingerprint density at radius 3 is 2.15 bits per heavy atom. The number of anilines is 2. The summed E-state index contributed by atoms with van der Waals surface area (Å²) < 4.78 is 66.8. The van der Waals surface area contributed by atoms with Crippen molar-refractivity contribution in [3.8, 4) is 0 Å². The summed E-state index contributed by atoms with van der Waals surface area (Å²) >= 11 is 1.14. The number of hydrogen-bond donors (Lipinski definition) is 2. The van der Waals surface area contributed by atoms with E-state index in [0.717, 1.165) is 23.4 Å². The smallest absolute Gasteiger partial charge is 0.325 e. The van der Waals surface area contributed by atoms with Crippen molar-refractivity contribution in [3.63, 3.8) is 0 Å². The molecule has 3 rings (SSSR count). The lowest BCUT2D eigenvalue weighted by Gasteiger charge is -2.16. The van der Waals surface area contributed by atoms with Crippen molar-refractivity contribution in [2.45, 2.75) is 35.1 Å². The number of sulfonamides is 1. The predicted octanol–water partition coefficient (Wildman–Crippen LogP) is 5.93. The molecule has 0 fully saturated rings. The second kappa shape index (κ2) is 9.88. The van der Waals surface area contributed by atoms with Gasteiger partial charge in [-0.1, -0.05) is 29.8 Å². The molecule has 174 valence electrons. The second-order valence-corrected chi connectivity index (χ2v) is 10.3. The third-order valence-corrected chi connectivity index (χ3v) is 7.12. The fourth-order valence-corrected chi connectivity index (χ4v) is 4.79. The number of carbonyl (C=O) groups is 1. The number of aryl methyl sites for hydroxylation is 1. The molecular weight excluding hydrogens is 473 g/mol. The van der Waals surface area contributed by atoms with Crippen molar-refractivity contribution in [3.05, 3.63) is 83.9 Å². The molecule has 0 aliphatic rings. The molecule has 2 N–H and O–H groups in total. The molecule has 33 heavy (non-hydrogen) atoms. The zero-order chi connectivity index (χ0) is 24.2. The molecule has 1 unspecified atom stereocenters. The Balaban J connectivity index is 1.64. The highest BCUT2D eigenvalue weighted by Crippen LogP contribution is 2.35. The van der Waals surface area contributed by atoms with Gasteiger partial charge in [-0.3, -0.25) is 9.52 Å². The topological polar surface area (TPSA) is 75.3 Å². The van der Waals surface area contributed by atoms with E-state index >= 15 is 0 Å². The summed E-state index contributed by atoms with van der Waals surface area (Å²) in [6.45, 7) is 3.43. The summed E-state index contributed by atoms with van der Waals surface area (Å²) in [5.74, 6) is -0.583. The van der Waals surface area contributed by atoms with Crippen LogP contribution in [0.4, 0.5) is 24.5 Å². The number of thioether (sulfide) groups is 1. The van der Waals surface area contributed by atoms with E-state index in [1.807, 2.05) is 6.92 Å². The minimum Gasteiger partial charge on any atom is -0.325 e. The Labute approximate surface area is 194 Å². The number of hydrogen-bond acceptors (Lipinski definition) is 4. The monoisotopic (exact) mass is 494 g/mol. The lowest BCUT2D eigenvalue weighted by molar-refractivity contribution is -0.137. The van der Waals surface area contributed by atoms with E-state index in [2.05, 4.69) is 10.0 Å². The second-order valence-electron chi connectivity index (χ2n) is 7.24. The first-order valence-electron chi connectivity index (χ1n) is 9.79. The van der Waals surface area contributed by atoms with E-state index in [0.29, 0.717) is 10.6 Å². The van der Waals surface area contributed by atoms with Crippen LogP contribution in [0.15, 0.2) is 82.6 Å². The molecule has 0 spiro atoms. The third-order valence-electron chi connectivity index (χ3n) is 4.61. The number of amides is 1. The fourth-order valence-electron chi connectivity index (χ4n) is 2.86. The standard InChI is InChI=1S/C23H21F3N2O3S2/c1-15-7-13-19(14-8-15)33(30,31)28-17-9-11-18(12-10-17)32-16(2)22(29)27-21-6-4-3-5-20(21)23(24,25)26/h3-14,16,28H,1-2H3,(H,27,29). The van der Waals surface area contributed by atoms with Crippen LogP contribution in [0.3, 0.4) is 0 Å². The van der Waals surface area contributed by atoms with Crippen LogP contribution in [-0.4, -0.2) is 19.6 Å². The van der Waals surface area contributed by atoms with Crippen LogP contribution in [0, 0.1) is 6.92 Å². The molecule has 10 heteroatoms. The van der Waals surface area contributed by atoms with Crippen molar-refractivity contribution in [2.75, 3.05) is 10.0 Å². The minimum absolute atomic E-state index is 0.135. The minimum atomic E-state index is -4.58. The zero-order valence-corrected chi connectivity index (χ0v) is 19.3. The quantitative estimate of drug-likeness (QED) is 0.399. The maximum atomic E-state index is 13.1. The summed E-state index contributed by atoms with van der Waals surface area (Å²) in [6, 6.07) is 17.6. The highest BCUT2D eigenvalue weighted by Gasteiger charge is 2.33. The number of para-hydroxylation sites is 1. The molecule has 1 atom stereocenters. The van der Waals surface area contributed by atoms with Gasteiger partial charge in [-0.05, 0) is 62.4 Å². The van der Waals surface area contributed by atoms with Gasteiger partial charge >= 0.3 is 6.18 Å². The van der Waals surface area contributed by atoms with E-state index in [1.54, 1.807) is 43.3 Å². The maximum absolute atomic E-state index is 13.1. The van der Waals surface area contributed by atoms with Gasteiger partial charge in [0.2, 0.25) is 5.91 Å². The van der Waals surface area contributed by atoms with Gasteiger partial charge in [0.1, 0.15) is 0 Å². The van der Waals surface area contributed by atoms with Gasteiger partial charge in [0.05, 0.1) is 21.4 Å². The van der Waals surface area contributed by atoms with Gasteiger partial charge < -0.3 is 5.32 Å². The first-order chi connectivity index (χ1) is 15.5. The van der Waals surface area contributed by atoms with Crippen molar-refractivity contribution in [1.29, 1.82) is 0 Å². The summed E-state index contributed by atoms with van der Waals surface area (Å²) in [4.78, 5) is 13.2. The first-order valence-corrected chi connectivity index (χ1v) is 12.2. The molecule has 0 bridgehead atoms. The Morgan fingerprint density at radius 2 is 1.55 bits per heavy atom. The van der Waals surface area contributed by atoms with Crippen molar-refractivity contribution in [2.24, 2.45) is 0 Å². The van der Waals surface area contributed by atoms with Gasteiger partial charge in [-0.15, -0.1) is 11.8 Å². The van der Waals surface area contributed by atoms with Crippen LogP contribution >= 0.6 is 11.8 Å². The van der Waals surface area contributed by atoms with Gasteiger partial charge in [0.25, 0.3) is 10.0 Å². The molecule has 0 radical (unpaired) electrons. The Morgan fingerprint density at radius 1 is 0.939 bits per heavy atom.